The zero-order chi connectivity index (χ0) is 20.8. The molecule has 0 aliphatic heterocycles. The Hall–Kier alpha value is -3.49. The van der Waals surface area contributed by atoms with Crippen molar-refractivity contribution in [2.75, 3.05) is 18.5 Å². The molecule has 0 aliphatic carbocycles. The van der Waals surface area contributed by atoms with E-state index in [2.05, 4.69) is 5.32 Å². The number of rotatable bonds is 6. The minimum absolute atomic E-state index is 0.0424. The van der Waals surface area contributed by atoms with E-state index in [9.17, 15) is 24.0 Å². The van der Waals surface area contributed by atoms with Gasteiger partial charge in [-0.15, -0.1) is 0 Å². The number of nitrogens with one attached hydrogen (secondary N) is 1. The fraction of sp³-hybridized carbons (Fsp3) is 0.316. The van der Waals surface area contributed by atoms with Crippen LogP contribution in [0.4, 0.5) is 5.69 Å². The van der Waals surface area contributed by atoms with Gasteiger partial charge in [0.25, 0.3) is 0 Å². The molecule has 2 aromatic rings. The lowest BCUT2D eigenvalue weighted by Crippen LogP contribution is -2.25. The molecule has 1 aromatic carbocycles. The fourth-order valence-corrected chi connectivity index (χ4v) is 2.65. The molecule has 0 atom stereocenters. The standard InChI is InChI=1S/C19H20N2O7/c1-4-27-16(24)10-21-9-14(19(26)28-5-2)18(25)13-8-12(20-11(3)22)6-7-15(23)17(13)21/h6-9H,4-5,10H2,1-3H3,(H,20,22). The van der Waals surface area contributed by atoms with E-state index in [4.69, 9.17) is 9.47 Å². The summed E-state index contributed by atoms with van der Waals surface area (Å²) < 4.78 is 11.0. The minimum Gasteiger partial charge on any atom is -0.465 e. The van der Waals surface area contributed by atoms with Crippen molar-refractivity contribution in [3.8, 4) is 0 Å². The van der Waals surface area contributed by atoms with Crippen LogP contribution in [-0.4, -0.2) is 35.6 Å². The number of carbonyl (C=O) groups excluding carboxylic acids is 3. The van der Waals surface area contributed by atoms with Gasteiger partial charge in [-0.25, -0.2) is 4.79 Å². The number of fused-ring (bicyclic) bond motifs is 1. The average molecular weight is 388 g/mol. The molecule has 2 rings (SSSR count). The Bertz CT molecular complexity index is 1060. The van der Waals surface area contributed by atoms with Crippen molar-refractivity contribution in [2.45, 2.75) is 27.3 Å². The Labute approximate surface area is 159 Å². The molecule has 0 aliphatic rings. The van der Waals surface area contributed by atoms with E-state index in [-0.39, 0.29) is 41.9 Å². The van der Waals surface area contributed by atoms with Gasteiger partial charge >= 0.3 is 11.9 Å². The van der Waals surface area contributed by atoms with Crippen LogP contribution in [0.1, 0.15) is 31.1 Å². The Morgan fingerprint density at radius 2 is 1.75 bits per heavy atom. The van der Waals surface area contributed by atoms with Gasteiger partial charge in [-0.2, -0.15) is 0 Å². The first-order valence-corrected chi connectivity index (χ1v) is 8.60. The number of anilines is 1. The van der Waals surface area contributed by atoms with Gasteiger partial charge in [0.1, 0.15) is 17.6 Å². The second kappa shape index (κ2) is 8.94. The number of hydrogen-bond acceptors (Lipinski definition) is 7. The lowest BCUT2D eigenvalue weighted by Gasteiger charge is -2.11. The third kappa shape index (κ3) is 4.61. The molecule has 1 N–H and O–H groups in total. The summed E-state index contributed by atoms with van der Waals surface area (Å²) >= 11 is 0. The van der Waals surface area contributed by atoms with Crippen LogP contribution < -0.4 is 16.2 Å². The molecule has 0 saturated carbocycles. The van der Waals surface area contributed by atoms with Crippen LogP contribution in [0.25, 0.3) is 10.9 Å². The predicted octanol–water partition coefficient (Wildman–Crippen LogP) is 1.06. The van der Waals surface area contributed by atoms with Gasteiger partial charge in [-0.1, -0.05) is 0 Å². The molecule has 0 radical (unpaired) electrons. The lowest BCUT2D eigenvalue weighted by molar-refractivity contribution is -0.143. The summed E-state index contributed by atoms with van der Waals surface area (Å²) in [5, 5.41) is 2.36. The highest BCUT2D eigenvalue weighted by Gasteiger charge is 2.19. The second-order valence-corrected chi connectivity index (χ2v) is 5.77. The van der Waals surface area contributed by atoms with Gasteiger partial charge in [-0.05, 0) is 32.0 Å². The van der Waals surface area contributed by atoms with Gasteiger partial charge in [-0.3, -0.25) is 19.2 Å². The Kier molecular flexibility index (Phi) is 6.64. The molecule has 0 bridgehead atoms. The van der Waals surface area contributed by atoms with Gasteiger partial charge in [0.15, 0.2) is 0 Å². The highest BCUT2D eigenvalue weighted by atomic mass is 16.5. The molecule has 0 spiro atoms. The van der Waals surface area contributed by atoms with Crippen molar-refractivity contribution in [2.24, 2.45) is 0 Å². The average Bonchev–Trinajstić information content (AvgIpc) is 2.77. The molecule has 1 amide bonds. The van der Waals surface area contributed by atoms with Crippen LogP contribution in [0.15, 0.2) is 34.0 Å². The lowest BCUT2D eigenvalue weighted by atomic mass is 10.1. The smallest absolute Gasteiger partial charge is 0.343 e. The Balaban J connectivity index is 2.86. The molecule has 0 saturated heterocycles. The normalized spacial score (nSPS) is 10.4. The first-order valence-electron chi connectivity index (χ1n) is 8.60. The van der Waals surface area contributed by atoms with Crippen LogP contribution in [-0.2, 0) is 25.6 Å². The summed E-state index contributed by atoms with van der Waals surface area (Å²) in [6.45, 7) is 4.28. The van der Waals surface area contributed by atoms with Crippen molar-refractivity contribution in [3.05, 3.63) is 50.4 Å². The Morgan fingerprint density at radius 1 is 1.07 bits per heavy atom. The molecular weight excluding hydrogens is 368 g/mol. The maximum Gasteiger partial charge on any atom is 0.343 e. The van der Waals surface area contributed by atoms with E-state index in [1.807, 2.05) is 0 Å². The van der Waals surface area contributed by atoms with Crippen molar-refractivity contribution < 1.29 is 23.9 Å². The SMILES string of the molecule is CCOC(=O)Cn1cc(C(=O)OCC)c(=O)c2cc(NC(C)=O)ccc(=O)c21. The molecule has 0 fully saturated rings. The second-order valence-electron chi connectivity index (χ2n) is 5.77. The van der Waals surface area contributed by atoms with Crippen LogP contribution in [0.2, 0.25) is 0 Å². The number of nitrogens with zero attached hydrogens (tertiary/aromatic N) is 1. The molecule has 28 heavy (non-hydrogen) atoms. The summed E-state index contributed by atoms with van der Waals surface area (Å²) in [4.78, 5) is 61.0. The van der Waals surface area contributed by atoms with Crippen LogP contribution in [0.5, 0.6) is 0 Å². The van der Waals surface area contributed by atoms with E-state index in [1.54, 1.807) is 13.8 Å². The van der Waals surface area contributed by atoms with Crippen LogP contribution in [0, 0.1) is 0 Å². The molecule has 9 nitrogen and oxygen atoms in total. The van der Waals surface area contributed by atoms with Gasteiger partial charge < -0.3 is 19.4 Å². The molecule has 9 heteroatoms. The van der Waals surface area contributed by atoms with Gasteiger partial charge in [0.2, 0.25) is 16.8 Å². The van der Waals surface area contributed by atoms with Crippen molar-refractivity contribution in [1.82, 2.24) is 4.57 Å². The van der Waals surface area contributed by atoms with Crippen molar-refractivity contribution in [1.29, 1.82) is 0 Å². The van der Waals surface area contributed by atoms with Gasteiger partial charge in [0, 0.05) is 18.8 Å². The zero-order valence-electron chi connectivity index (χ0n) is 15.7. The van der Waals surface area contributed by atoms with Crippen molar-refractivity contribution in [3.63, 3.8) is 0 Å². The first kappa shape index (κ1) is 20.8. The number of pyridine rings is 1. The predicted molar refractivity (Wildman–Crippen MR) is 101 cm³/mol. The monoisotopic (exact) mass is 388 g/mol. The quantitative estimate of drug-likeness (QED) is 0.735. The summed E-state index contributed by atoms with van der Waals surface area (Å²) in [5.41, 5.74) is -1.54. The van der Waals surface area contributed by atoms with E-state index >= 15 is 0 Å². The number of esters is 2. The number of hydrogen-bond donors (Lipinski definition) is 1. The van der Waals surface area contributed by atoms with E-state index < -0.39 is 28.7 Å². The van der Waals surface area contributed by atoms with E-state index in [1.165, 1.54) is 29.7 Å². The highest BCUT2D eigenvalue weighted by Crippen LogP contribution is 2.14. The minimum atomic E-state index is -0.882. The fourth-order valence-electron chi connectivity index (χ4n) is 2.65. The van der Waals surface area contributed by atoms with Crippen LogP contribution in [0.3, 0.4) is 0 Å². The highest BCUT2D eigenvalue weighted by molar-refractivity contribution is 5.96. The molecule has 0 unspecified atom stereocenters. The largest absolute Gasteiger partial charge is 0.465 e. The third-order valence-electron chi connectivity index (χ3n) is 3.68. The number of amides is 1. The maximum absolute atomic E-state index is 12.9. The van der Waals surface area contributed by atoms with Gasteiger partial charge in [0.05, 0.1) is 18.6 Å². The molecular formula is C19H20N2O7. The molecule has 1 heterocycles. The molecule has 1 aromatic heterocycles. The summed E-state index contributed by atoms with van der Waals surface area (Å²) in [5.74, 6) is -1.93. The summed E-state index contributed by atoms with van der Waals surface area (Å²) in [7, 11) is 0. The van der Waals surface area contributed by atoms with E-state index in [0.717, 1.165) is 6.20 Å². The molecule has 148 valence electrons. The topological polar surface area (TPSA) is 121 Å². The number of ether oxygens (including phenoxy) is 2. The van der Waals surface area contributed by atoms with E-state index in [0.29, 0.717) is 0 Å². The first-order chi connectivity index (χ1) is 13.3. The number of aromatic nitrogens is 1. The number of carbonyl (C=O) groups is 3. The Morgan fingerprint density at radius 3 is 2.36 bits per heavy atom. The summed E-state index contributed by atoms with van der Waals surface area (Å²) in [6.07, 6.45) is 1.11. The zero-order valence-corrected chi connectivity index (χ0v) is 15.7. The third-order valence-corrected chi connectivity index (χ3v) is 3.68. The van der Waals surface area contributed by atoms with Crippen LogP contribution >= 0.6 is 0 Å². The van der Waals surface area contributed by atoms with Crippen molar-refractivity contribution >= 4 is 34.4 Å². The summed E-state index contributed by atoms with van der Waals surface area (Å²) in [6, 6.07) is 3.78. The maximum atomic E-state index is 12.9.